The van der Waals surface area contributed by atoms with Gasteiger partial charge in [-0.2, -0.15) is 0 Å². The highest BCUT2D eigenvalue weighted by molar-refractivity contribution is 6.20. The largest absolute Gasteiger partial charge is 0.455 e. The lowest BCUT2D eigenvalue weighted by molar-refractivity contribution is 0.670. The molecule has 7 aromatic carbocycles. The standard InChI is InChI=1S/C48H31NO/c1-2-13-31(14-3-1)49-44-28-25-30(32-22-12-23-42-38-20-10-11-24-45(38)50-48(32)42)29-43(44)41-27-26-40-37-19-7-6-17-35(37)33-15-4-5-16-34(33)36-18-8-9-21-39(36)46(40)47(41)49/h1-5,7-16,18-29H,6,17H2. The van der Waals surface area contributed by atoms with Crippen LogP contribution in [-0.4, -0.2) is 4.57 Å². The molecule has 2 aliphatic rings. The summed E-state index contributed by atoms with van der Waals surface area (Å²) in [5, 5.41) is 4.76. The highest BCUT2D eigenvalue weighted by Crippen LogP contribution is 2.51. The van der Waals surface area contributed by atoms with Gasteiger partial charge in [-0.1, -0.05) is 133 Å². The number of furan rings is 1. The first kappa shape index (κ1) is 27.6. The molecule has 2 aromatic heterocycles. The fraction of sp³-hybridized carbons (Fsp3) is 0.0417. The van der Waals surface area contributed by atoms with E-state index in [-0.39, 0.29) is 0 Å². The number of allylic oxidation sites excluding steroid dienone is 4. The second-order valence-corrected chi connectivity index (χ2v) is 13.5. The van der Waals surface area contributed by atoms with Gasteiger partial charge in [0.2, 0.25) is 0 Å². The fourth-order valence-electron chi connectivity index (χ4n) is 8.71. The Hall–Kier alpha value is -6.38. The lowest BCUT2D eigenvalue weighted by atomic mass is 9.77. The first-order valence-corrected chi connectivity index (χ1v) is 17.5. The summed E-state index contributed by atoms with van der Waals surface area (Å²) >= 11 is 0. The molecule has 0 fully saturated rings. The Morgan fingerprint density at radius 2 is 1.22 bits per heavy atom. The van der Waals surface area contributed by atoms with Gasteiger partial charge in [-0.3, -0.25) is 0 Å². The van der Waals surface area contributed by atoms with E-state index in [1.54, 1.807) is 0 Å². The number of hydrogen-bond acceptors (Lipinski definition) is 1. The van der Waals surface area contributed by atoms with Gasteiger partial charge in [-0.05, 0) is 87.7 Å². The molecule has 2 heterocycles. The van der Waals surface area contributed by atoms with E-state index < -0.39 is 0 Å². The van der Waals surface area contributed by atoms with E-state index in [1.165, 1.54) is 66.3 Å². The fourth-order valence-corrected chi connectivity index (χ4v) is 8.71. The Kier molecular flexibility index (Phi) is 5.82. The Balaban J connectivity index is 1.28. The highest BCUT2D eigenvalue weighted by atomic mass is 16.3. The minimum absolute atomic E-state index is 0.918. The molecule has 11 rings (SSSR count). The molecular weight excluding hydrogens is 607 g/mol. The van der Waals surface area contributed by atoms with Crippen LogP contribution >= 0.6 is 0 Å². The summed E-state index contributed by atoms with van der Waals surface area (Å²) in [6, 6.07) is 55.4. The van der Waals surface area contributed by atoms with Crippen molar-refractivity contribution in [2.24, 2.45) is 0 Å². The summed E-state index contributed by atoms with van der Waals surface area (Å²) in [5.41, 5.74) is 18.2. The maximum Gasteiger partial charge on any atom is 0.143 e. The number of aromatic nitrogens is 1. The number of fused-ring (bicyclic) bond motifs is 14. The molecule has 0 N–H and O–H groups in total. The number of rotatable bonds is 2. The first-order chi connectivity index (χ1) is 24.8. The van der Waals surface area contributed by atoms with Crippen molar-refractivity contribution in [3.63, 3.8) is 0 Å². The van der Waals surface area contributed by atoms with Gasteiger partial charge in [0.15, 0.2) is 0 Å². The lowest BCUT2D eigenvalue weighted by Gasteiger charge is -2.27. The van der Waals surface area contributed by atoms with E-state index in [0.29, 0.717) is 0 Å². The zero-order valence-corrected chi connectivity index (χ0v) is 27.4. The third-order valence-electron chi connectivity index (χ3n) is 10.9. The van der Waals surface area contributed by atoms with Gasteiger partial charge in [0.25, 0.3) is 0 Å². The van der Waals surface area contributed by atoms with Crippen molar-refractivity contribution < 1.29 is 4.42 Å². The van der Waals surface area contributed by atoms with Gasteiger partial charge < -0.3 is 8.98 Å². The van der Waals surface area contributed by atoms with Crippen LogP contribution in [0.3, 0.4) is 0 Å². The molecule has 0 radical (unpaired) electrons. The molecular formula is C48H31NO. The van der Waals surface area contributed by atoms with Crippen LogP contribution in [0.1, 0.15) is 24.0 Å². The zero-order valence-electron chi connectivity index (χ0n) is 27.4. The maximum atomic E-state index is 6.51. The molecule has 2 heteroatoms. The van der Waals surface area contributed by atoms with E-state index in [4.69, 9.17) is 4.42 Å². The van der Waals surface area contributed by atoms with Crippen molar-refractivity contribution in [2.75, 3.05) is 0 Å². The molecule has 0 bridgehead atoms. The Bertz CT molecular complexity index is 2910. The van der Waals surface area contributed by atoms with Crippen LogP contribution in [-0.2, 0) is 0 Å². The van der Waals surface area contributed by atoms with Crippen molar-refractivity contribution >= 4 is 54.9 Å². The maximum absolute atomic E-state index is 6.51. The Morgan fingerprint density at radius 1 is 0.500 bits per heavy atom. The molecule has 2 nitrogen and oxygen atoms in total. The summed E-state index contributed by atoms with van der Waals surface area (Å²) in [7, 11) is 0. The third-order valence-corrected chi connectivity index (χ3v) is 10.9. The van der Waals surface area contributed by atoms with Crippen molar-refractivity contribution in [1.82, 2.24) is 4.57 Å². The normalized spacial score (nSPS) is 13.7. The zero-order chi connectivity index (χ0) is 32.8. The molecule has 0 spiro atoms. The molecule has 0 unspecified atom stereocenters. The molecule has 9 aromatic rings. The number of para-hydroxylation sites is 3. The van der Waals surface area contributed by atoms with E-state index in [1.807, 2.05) is 6.07 Å². The van der Waals surface area contributed by atoms with Gasteiger partial charge in [-0.25, -0.2) is 0 Å². The average molecular weight is 638 g/mol. The van der Waals surface area contributed by atoms with Crippen LogP contribution in [0.4, 0.5) is 0 Å². The second kappa shape index (κ2) is 10.6. The lowest BCUT2D eigenvalue weighted by Crippen LogP contribution is -2.04. The minimum atomic E-state index is 0.918. The van der Waals surface area contributed by atoms with Gasteiger partial charge >= 0.3 is 0 Å². The van der Waals surface area contributed by atoms with Crippen LogP contribution in [0.25, 0.3) is 94.0 Å². The van der Waals surface area contributed by atoms with Crippen LogP contribution in [0, 0.1) is 0 Å². The van der Waals surface area contributed by atoms with Crippen molar-refractivity contribution in [1.29, 1.82) is 0 Å². The monoisotopic (exact) mass is 637 g/mol. The van der Waals surface area contributed by atoms with Gasteiger partial charge in [0.05, 0.1) is 11.0 Å². The quantitative estimate of drug-likeness (QED) is 0.184. The summed E-state index contributed by atoms with van der Waals surface area (Å²) in [5.74, 6) is 0. The second-order valence-electron chi connectivity index (χ2n) is 13.5. The van der Waals surface area contributed by atoms with E-state index in [0.717, 1.165) is 51.6 Å². The van der Waals surface area contributed by atoms with Crippen LogP contribution in [0.2, 0.25) is 0 Å². The summed E-state index contributed by atoms with van der Waals surface area (Å²) in [6.45, 7) is 0. The predicted octanol–water partition coefficient (Wildman–Crippen LogP) is 13.3. The van der Waals surface area contributed by atoms with Gasteiger partial charge in [0.1, 0.15) is 11.2 Å². The van der Waals surface area contributed by atoms with E-state index >= 15 is 0 Å². The van der Waals surface area contributed by atoms with Gasteiger partial charge in [-0.15, -0.1) is 0 Å². The van der Waals surface area contributed by atoms with Crippen LogP contribution in [0.5, 0.6) is 0 Å². The SMILES string of the molecule is C1=CC2=C(CC1)c1ccccc1-c1ccccc1-c1c2ccc2c3cc(-c4cccc5c4oc4ccccc45)ccc3n(-c3ccccc3)c12. The van der Waals surface area contributed by atoms with Gasteiger partial charge in [0, 0.05) is 38.4 Å². The first-order valence-electron chi connectivity index (χ1n) is 17.5. The number of hydrogen-bond donors (Lipinski definition) is 0. The summed E-state index contributed by atoms with van der Waals surface area (Å²) < 4.78 is 9.01. The number of nitrogens with zero attached hydrogens (tertiary/aromatic N) is 1. The molecule has 50 heavy (non-hydrogen) atoms. The molecule has 0 saturated carbocycles. The minimum Gasteiger partial charge on any atom is -0.455 e. The van der Waals surface area contributed by atoms with Crippen molar-refractivity contribution in [2.45, 2.75) is 12.8 Å². The topological polar surface area (TPSA) is 18.1 Å². The number of benzene rings is 7. The van der Waals surface area contributed by atoms with Crippen molar-refractivity contribution in [3.05, 3.63) is 175 Å². The smallest absolute Gasteiger partial charge is 0.143 e. The molecule has 0 amide bonds. The molecule has 2 aliphatic carbocycles. The predicted molar refractivity (Wildman–Crippen MR) is 210 cm³/mol. The summed E-state index contributed by atoms with van der Waals surface area (Å²) in [4.78, 5) is 0. The van der Waals surface area contributed by atoms with E-state index in [9.17, 15) is 0 Å². The Labute approximate surface area is 289 Å². The third kappa shape index (κ3) is 3.85. The molecule has 0 saturated heterocycles. The Morgan fingerprint density at radius 3 is 2.10 bits per heavy atom. The van der Waals surface area contributed by atoms with Crippen LogP contribution in [0.15, 0.2) is 168 Å². The van der Waals surface area contributed by atoms with Crippen LogP contribution < -0.4 is 0 Å². The molecule has 0 aliphatic heterocycles. The average Bonchev–Trinajstić information content (AvgIpc) is 3.73. The van der Waals surface area contributed by atoms with Crippen molar-refractivity contribution in [3.8, 4) is 39.1 Å². The molecule has 0 atom stereocenters. The summed E-state index contributed by atoms with van der Waals surface area (Å²) in [6.07, 6.45) is 6.80. The van der Waals surface area contributed by atoms with E-state index in [2.05, 4.69) is 162 Å². The highest BCUT2D eigenvalue weighted by Gasteiger charge is 2.28. The molecule has 234 valence electrons.